The van der Waals surface area contributed by atoms with E-state index in [9.17, 15) is 9.90 Å². The van der Waals surface area contributed by atoms with E-state index in [1.807, 2.05) is 0 Å². The third-order valence-electron chi connectivity index (χ3n) is 4.56. The minimum absolute atomic E-state index is 0.180. The van der Waals surface area contributed by atoms with Crippen LogP contribution in [0.3, 0.4) is 0 Å². The first-order valence-electron chi connectivity index (χ1n) is 6.71. The standard InChI is InChI=1S/C13H19N3O3/c1-15-11(9(4-14-15)13(18)19)7-16-5-8-2-3-12(17)10(8)6-16/h4,8,10,12,17H,2-3,5-7H2,1H3,(H,18,19). The van der Waals surface area contributed by atoms with Crippen LogP contribution >= 0.6 is 0 Å². The highest BCUT2D eigenvalue weighted by Gasteiger charge is 2.42. The van der Waals surface area contributed by atoms with E-state index < -0.39 is 5.97 Å². The molecule has 3 rings (SSSR count). The number of fused-ring (bicyclic) bond motifs is 1. The minimum Gasteiger partial charge on any atom is -0.478 e. The molecule has 6 heteroatoms. The lowest BCUT2D eigenvalue weighted by atomic mass is 10.00. The fraction of sp³-hybridized carbons (Fsp3) is 0.692. The highest BCUT2D eigenvalue weighted by molar-refractivity contribution is 5.88. The van der Waals surface area contributed by atoms with Crippen molar-refractivity contribution in [2.45, 2.75) is 25.5 Å². The Balaban J connectivity index is 1.73. The molecule has 2 N–H and O–H groups in total. The number of aromatic carboxylic acids is 1. The van der Waals surface area contributed by atoms with Gasteiger partial charge < -0.3 is 10.2 Å². The van der Waals surface area contributed by atoms with Gasteiger partial charge in [0.05, 0.1) is 18.0 Å². The molecule has 0 radical (unpaired) electrons. The third kappa shape index (κ3) is 2.15. The molecule has 1 saturated heterocycles. The molecule has 1 aromatic rings. The predicted molar refractivity (Wildman–Crippen MR) is 67.7 cm³/mol. The molecule has 0 amide bonds. The smallest absolute Gasteiger partial charge is 0.339 e. The summed E-state index contributed by atoms with van der Waals surface area (Å²) in [6.07, 6.45) is 3.22. The summed E-state index contributed by atoms with van der Waals surface area (Å²) in [4.78, 5) is 13.4. The van der Waals surface area contributed by atoms with Crippen LogP contribution in [0, 0.1) is 11.8 Å². The van der Waals surface area contributed by atoms with Crippen LogP contribution in [0.15, 0.2) is 6.20 Å². The van der Waals surface area contributed by atoms with Gasteiger partial charge in [0.25, 0.3) is 0 Å². The second-order valence-electron chi connectivity index (χ2n) is 5.70. The zero-order chi connectivity index (χ0) is 13.6. The molecule has 1 saturated carbocycles. The second kappa shape index (κ2) is 4.61. The summed E-state index contributed by atoms with van der Waals surface area (Å²) in [5, 5.41) is 23.1. The maximum absolute atomic E-state index is 11.1. The summed E-state index contributed by atoms with van der Waals surface area (Å²) >= 11 is 0. The van der Waals surface area contributed by atoms with E-state index in [1.54, 1.807) is 11.7 Å². The molecule has 19 heavy (non-hydrogen) atoms. The summed E-state index contributed by atoms with van der Waals surface area (Å²) in [6.45, 7) is 2.40. The van der Waals surface area contributed by atoms with E-state index in [4.69, 9.17) is 5.11 Å². The molecule has 104 valence electrons. The van der Waals surface area contributed by atoms with Crippen LogP contribution < -0.4 is 0 Å². The summed E-state index contributed by atoms with van der Waals surface area (Å²) in [7, 11) is 1.77. The summed E-state index contributed by atoms with van der Waals surface area (Å²) in [6, 6.07) is 0. The van der Waals surface area contributed by atoms with Crippen LogP contribution in [0.2, 0.25) is 0 Å². The highest BCUT2D eigenvalue weighted by Crippen LogP contribution is 2.38. The fourth-order valence-corrected chi connectivity index (χ4v) is 3.50. The molecule has 2 fully saturated rings. The van der Waals surface area contributed by atoms with E-state index >= 15 is 0 Å². The molecular formula is C13H19N3O3. The van der Waals surface area contributed by atoms with Crippen LogP contribution in [0.25, 0.3) is 0 Å². The monoisotopic (exact) mass is 265 g/mol. The van der Waals surface area contributed by atoms with Gasteiger partial charge in [-0.05, 0) is 18.8 Å². The zero-order valence-corrected chi connectivity index (χ0v) is 11.0. The Morgan fingerprint density at radius 1 is 1.47 bits per heavy atom. The van der Waals surface area contributed by atoms with Gasteiger partial charge in [-0.15, -0.1) is 0 Å². The number of carboxylic acid groups (broad SMARTS) is 1. The summed E-state index contributed by atoms with van der Waals surface area (Å²) < 4.78 is 1.63. The molecule has 3 unspecified atom stereocenters. The van der Waals surface area contributed by atoms with Gasteiger partial charge in [-0.1, -0.05) is 0 Å². The molecule has 1 aromatic heterocycles. The number of likely N-dealkylation sites (tertiary alicyclic amines) is 1. The fourth-order valence-electron chi connectivity index (χ4n) is 3.50. The minimum atomic E-state index is -0.928. The normalized spacial score (nSPS) is 30.7. The first-order valence-corrected chi connectivity index (χ1v) is 6.71. The molecule has 0 bridgehead atoms. The molecule has 1 aliphatic heterocycles. The van der Waals surface area contributed by atoms with Crippen LogP contribution in [-0.4, -0.2) is 50.1 Å². The van der Waals surface area contributed by atoms with Crippen molar-refractivity contribution in [2.24, 2.45) is 18.9 Å². The maximum atomic E-state index is 11.1. The number of nitrogens with zero attached hydrogens (tertiary/aromatic N) is 3. The molecule has 1 aliphatic carbocycles. The van der Waals surface area contributed by atoms with Crippen LogP contribution in [0.5, 0.6) is 0 Å². The van der Waals surface area contributed by atoms with Crippen molar-refractivity contribution in [3.8, 4) is 0 Å². The average molecular weight is 265 g/mol. The van der Waals surface area contributed by atoms with Gasteiger partial charge in [0, 0.05) is 32.6 Å². The number of carboxylic acids is 1. The largest absolute Gasteiger partial charge is 0.478 e. The average Bonchev–Trinajstić information content (AvgIpc) is 2.99. The first kappa shape index (κ1) is 12.6. The van der Waals surface area contributed by atoms with Gasteiger partial charge in [-0.3, -0.25) is 9.58 Å². The van der Waals surface area contributed by atoms with Gasteiger partial charge >= 0.3 is 5.97 Å². The van der Waals surface area contributed by atoms with Gasteiger partial charge in [-0.2, -0.15) is 5.10 Å². The number of hydrogen-bond acceptors (Lipinski definition) is 4. The number of carbonyl (C=O) groups is 1. The van der Waals surface area contributed by atoms with Crippen LogP contribution in [0.1, 0.15) is 28.9 Å². The second-order valence-corrected chi connectivity index (χ2v) is 5.70. The number of aliphatic hydroxyl groups excluding tert-OH is 1. The lowest BCUT2D eigenvalue weighted by Gasteiger charge is -2.18. The molecule has 0 spiro atoms. The van der Waals surface area contributed by atoms with Crippen molar-refractivity contribution in [1.82, 2.24) is 14.7 Å². The molecule has 6 nitrogen and oxygen atoms in total. The molecule has 2 heterocycles. The Morgan fingerprint density at radius 3 is 2.95 bits per heavy atom. The molecule has 3 atom stereocenters. The van der Waals surface area contributed by atoms with Gasteiger partial charge in [0.15, 0.2) is 0 Å². The maximum Gasteiger partial charge on any atom is 0.339 e. The molecular weight excluding hydrogens is 246 g/mol. The van der Waals surface area contributed by atoms with Gasteiger partial charge in [0.1, 0.15) is 5.56 Å². The lowest BCUT2D eigenvalue weighted by Crippen LogP contribution is -2.26. The van der Waals surface area contributed by atoms with Gasteiger partial charge in [0.2, 0.25) is 0 Å². The van der Waals surface area contributed by atoms with E-state index in [0.29, 0.717) is 18.4 Å². The highest BCUT2D eigenvalue weighted by atomic mass is 16.4. The predicted octanol–water partition coefficient (Wildman–Crippen LogP) is 0.321. The Kier molecular flexibility index (Phi) is 3.06. The van der Waals surface area contributed by atoms with E-state index in [2.05, 4.69) is 10.00 Å². The number of aliphatic hydroxyl groups is 1. The third-order valence-corrected chi connectivity index (χ3v) is 4.56. The van der Waals surface area contributed by atoms with E-state index in [-0.39, 0.29) is 11.7 Å². The molecule has 2 aliphatic rings. The van der Waals surface area contributed by atoms with Crippen LogP contribution in [0.4, 0.5) is 0 Å². The van der Waals surface area contributed by atoms with E-state index in [1.165, 1.54) is 6.20 Å². The Bertz CT molecular complexity index is 499. The Hall–Kier alpha value is -1.40. The van der Waals surface area contributed by atoms with Crippen molar-refractivity contribution in [1.29, 1.82) is 0 Å². The lowest BCUT2D eigenvalue weighted by molar-refractivity contribution is 0.0694. The topological polar surface area (TPSA) is 78.6 Å². The number of rotatable bonds is 3. The van der Waals surface area contributed by atoms with Crippen molar-refractivity contribution >= 4 is 5.97 Å². The summed E-state index contributed by atoms with van der Waals surface area (Å²) in [5.74, 6) is 0.000497. The van der Waals surface area contributed by atoms with Crippen molar-refractivity contribution in [3.05, 3.63) is 17.5 Å². The van der Waals surface area contributed by atoms with Crippen molar-refractivity contribution in [2.75, 3.05) is 13.1 Å². The summed E-state index contributed by atoms with van der Waals surface area (Å²) in [5.41, 5.74) is 1.02. The Labute approximate surface area is 111 Å². The quantitative estimate of drug-likeness (QED) is 0.823. The number of hydrogen-bond donors (Lipinski definition) is 2. The van der Waals surface area contributed by atoms with E-state index in [0.717, 1.165) is 31.6 Å². The zero-order valence-electron chi connectivity index (χ0n) is 11.0. The number of aromatic nitrogens is 2. The van der Waals surface area contributed by atoms with Crippen LogP contribution in [-0.2, 0) is 13.6 Å². The SMILES string of the molecule is Cn1ncc(C(=O)O)c1CN1CC2CCC(O)C2C1. The van der Waals surface area contributed by atoms with Crippen molar-refractivity contribution in [3.63, 3.8) is 0 Å². The first-order chi connectivity index (χ1) is 9.06. The van der Waals surface area contributed by atoms with Gasteiger partial charge in [-0.25, -0.2) is 4.79 Å². The van der Waals surface area contributed by atoms with Crippen molar-refractivity contribution < 1.29 is 15.0 Å². The number of aryl methyl sites for hydroxylation is 1. The molecule has 0 aromatic carbocycles. The Morgan fingerprint density at radius 2 is 2.26 bits per heavy atom.